The second kappa shape index (κ2) is 7.94. The summed E-state index contributed by atoms with van der Waals surface area (Å²) in [6, 6.07) is 4.27. The van der Waals surface area contributed by atoms with Crippen LogP contribution in [0.25, 0.3) is 0 Å². The first-order valence-corrected chi connectivity index (χ1v) is 9.43. The molecule has 146 valence electrons. The second-order valence-corrected chi connectivity index (χ2v) is 7.52. The molecule has 27 heavy (non-hydrogen) atoms. The quantitative estimate of drug-likeness (QED) is 0.627. The number of carboxylic acids is 1. The van der Waals surface area contributed by atoms with Crippen LogP contribution in [-0.4, -0.2) is 52.5 Å². The molecule has 1 N–H and O–H groups in total. The number of piperidine rings is 1. The molecule has 1 aromatic rings. The highest BCUT2D eigenvalue weighted by Gasteiger charge is 2.32. The summed E-state index contributed by atoms with van der Waals surface area (Å²) in [4.78, 5) is 38.6. The van der Waals surface area contributed by atoms with Gasteiger partial charge in [0.2, 0.25) is 0 Å². The number of nitro groups is 1. The first kappa shape index (κ1) is 19.1. The van der Waals surface area contributed by atoms with Gasteiger partial charge in [-0.15, -0.1) is 0 Å². The lowest BCUT2D eigenvalue weighted by atomic mass is 9.98. The first-order chi connectivity index (χ1) is 12.9. The molecule has 8 nitrogen and oxygen atoms in total. The third-order valence-electron chi connectivity index (χ3n) is 5.59. The fourth-order valence-corrected chi connectivity index (χ4v) is 4.00. The number of nitro benzene ring substituents is 1. The Hall–Kier alpha value is -2.64. The molecule has 0 aliphatic carbocycles. The summed E-state index contributed by atoms with van der Waals surface area (Å²) >= 11 is 0. The van der Waals surface area contributed by atoms with Crippen molar-refractivity contribution in [3.05, 3.63) is 33.9 Å². The number of likely N-dealkylation sites (tertiary alicyclic amines) is 1. The number of carbonyl (C=O) groups excluding carboxylic acids is 1. The number of amides is 1. The number of carbonyl (C=O) groups is 2. The second-order valence-electron chi connectivity index (χ2n) is 7.52. The van der Waals surface area contributed by atoms with E-state index >= 15 is 0 Å². The van der Waals surface area contributed by atoms with Crippen molar-refractivity contribution in [2.45, 2.75) is 45.1 Å². The number of carboxylic acid groups (broad SMARTS) is 1. The van der Waals surface area contributed by atoms with Crippen molar-refractivity contribution in [1.29, 1.82) is 0 Å². The van der Waals surface area contributed by atoms with E-state index in [1.807, 2.05) is 4.90 Å². The van der Waals surface area contributed by atoms with E-state index < -0.39 is 10.9 Å². The van der Waals surface area contributed by atoms with Crippen LogP contribution >= 0.6 is 0 Å². The summed E-state index contributed by atoms with van der Waals surface area (Å²) in [5, 5.41) is 20.6. The largest absolute Gasteiger partial charge is 0.481 e. The Kier molecular flexibility index (Phi) is 5.62. The van der Waals surface area contributed by atoms with Crippen LogP contribution in [0.3, 0.4) is 0 Å². The first-order valence-electron chi connectivity index (χ1n) is 9.43. The van der Waals surface area contributed by atoms with Crippen LogP contribution < -0.4 is 4.90 Å². The molecule has 1 amide bonds. The lowest BCUT2D eigenvalue weighted by Gasteiger charge is -2.32. The molecule has 2 aliphatic rings. The van der Waals surface area contributed by atoms with Crippen LogP contribution in [0, 0.1) is 16.0 Å². The highest BCUT2D eigenvalue weighted by Crippen LogP contribution is 2.33. The van der Waals surface area contributed by atoms with Crippen molar-refractivity contribution in [3.8, 4) is 0 Å². The Labute approximate surface area is 157 Å². The number of aliphatic carboxylic acids is 1. The lowest BCUT2D eigenvalue weighted by Crippen LogP contribution is -2.37. The molecule has 0 bridgehead atoms. The predicted octanol–water partition coefficient (Wildman–Crippen LogP) is 2.91. The minimum absolute atomic E-state index is 0.0654. The molecule has 0 spiro atoms. The molecule has 3 rings (SSSR count). The van der Waals surface area contributed by atoms with E-state index in [4.69, 9.17) is 5.11 Å². The Morgan fingerprint density at radius 1 is 1.22 bits per heavy atom. The van der Waals surface area contributed by atoms with Gasteiger partial charge in [0.05, 0.1) is 11.3 Å². The smallest absolute Gasteiger partial charge is 0.305 e. The third-order valence-corrected chi connectivity index (χ3v) is 5.59. The highest BCUT2D eigenvalue weighted by molar-refractivity contribution is 5.96. The number of nitrogens with zero attached hydrogens (tertiary/aromatic N) is 3. The van der Waals surface area contributed by atoms with Crippen molar-refractivity contribution in [2.24, 2.45) is 5.92 Å². The van der Waals surface area contributed by atoms with E-state index in [-0.39, 0.29) is 29.6 Å². The van der Waals surface area contributed by atoms with Gasteiger partial charge in [-0.3, -0.25) is 19.7 Å². The molecule has 2 saturated heterocycles. The lowest BCUT2D eigenvalue weighted by molar-refractivity contribution is -0.384. The molecule has 1 atom stereocenters. The summed E-state index contributed by atoms with van der Waals surface area (Å²) in [6.45, 7) is 4.19. The van der Waals surface area contributed by atoms with Gasteiger partial charge in [0, 0.05) is 37.3 Å². The summed E-state index contributed by atoms with van der Waals surface area (Å²) in [5.74, 6) is -0.663. The number of anilines is 1. The molecule has 0 saturated carbocycles. The van der Waals surface area contributed by atoms with Gasteiger partial charge in [-0.25, -0.2) is 0 Å². The van der Waals surface area contributed by atoms with Gasteiger partial charge in [0.25, 0.3) is 11.6 Å². The van der Waals surface area contributed by atoms with Crippen molar-refractivity contribution in [3.63, 3.8) is 0 Å². The Morgan fingerprint density at radius 2 is 1.93 bits per heavy atom. The van der Waals surface area contributed by atoms with Crippen LogP contribution in [0.4, 0.5) is 11.4 Å². The zero-order valence-corrected chi connectivity index (χ0v) is 15.5. The van der Waals surface area contributed by atoms with Gasteiger partial charge in [-0.1, -0.05) is 6.92 Å². The van der Waals surface area contributed by atoms with E-state index in [2.05, 4.69) is 6.92 Å². The fraction of sp³-hybridized carbons (Fsp3) is 0.579. The van der Waals surface area contributed by atoms with Crippen molar-refractivity contribution in [2.75, 3.05) is 24.5 Å². The number of rotatable bonds is 5. The summed E-state index contributed by atoms with van der Waals surface area (Å²) in [7, 11) is 0. The summed E-state index contributed by atoms with van der Waals surface area (Å²) in [6.07, 6.45) is 3.27. The highest BCUT2D eigenvalue weighted by atomic mass is 16.6. The van der Waals surface area contributed by atoms with E-state index in [0.717, 1.165) is 32.4 Å². The Morgan fingerprint density at radius 3 is 2.56 bits per heavy atom. The molecule has 0 radical (unpaired) electrons. The minimum Gasteiger partial charge on any atom is -0.481 e. The van der Waals surface area contributed by atoms with Crippen LogP contribution in [0.2, 0.25) is 0 Å². The zero-order chi connectivity index (χ0) is 19.6. The van der Waals surface area contributed by atoms with Gasteiger partial charge in [0.1, 0.15) is 5.69 Å². The van der Waals surface area contributed by atoms with Crippen LogP contribution in [0.15, 0.2) is 18.2 Å². The normalized spacial score (nSPS) is 20.7. The standard InChI is InChI=1S/C19H25N3O5/c1-13-6-9-20(10-7-13)16-5-4-14(11-17(16)22(26)27)19(25)21-8-2-3-15(21)12-18(23)24/h4-5,11,13,15H,2-3,6-10,12H2,1H3,(H,23,24). The van der Waals surface area contributed by atoms with E-state index in [9.17, 15) is 19.7 Å². The maximum atomic E-state index is 12.8. The molecule has 2 heterocycles. The maximum Gasteiger partial charge on any atom is 0.305 e. The summed E-state index contributed by atoms with van der Waals surface area (Å²) < 4.78 is 0. The molecule has 2 fully saturated rings. The molecule has 8 heteroatoms. The van der Waals surface area contributed by atoms with Gasteiger partial charge in [0.15, 0.2) is 0 Å². The average molecular weight is 375 g/mol. The fourth-order valence-electron chi connectivity index (χ4n) is 4.00. The molecule has 0 aromatic heterocycles. The van der Waals surface area contributed by atoms with Crippen molar-refractivity contribution < 1.29 is 19.6 Å². The topological polar surface area (TPSA) is 104 Å². The third kappa shape index (κ3) is 4.20. The molecule has 2 aliphatic heterocycles. The van der Waals surface area contributed by atoms with Crippen LogP contribution in [-0.2, 0) is 4.79 Å². The molecule has 1 unspecified atom stereocenters. The van der Waals surface area contributed by atoms with Crippen molar-refractivity contribution >= 4 is 23.3 Å². The maximum absolute atomic E-state index is 12.8. The van der Waals surface area contributed by atoms with Gasteiger partial charge in [-0.05, 0) is 43.7 Å². The van der Waals surface area contributed by atoms with Gasteiger partial charge >= 0.3 is 5.97 Å². The Bertz CT molecular complexity index is 743. The van der Waals surface area contributed by atoms with Crippen molar-refractivity contribution in [1.82, 2.24) is 4.90 Å². The van der Waals surface area contributed by atoms with Gasteiger partial charge < -0.3 is 14.9 Å². The Balaban J connectivity index is 1.84. The van der Waals surface area contributed by atoms with Crippen LogP contribution in [0.1, 0.15) is 49.4 Å². The number of benzene rings is 1. The molecular weight excluding hydrogens is 350 g/mol. The van der Waals surface area contributed by atoms with E-state index in [0.29, 0.717) is 24.6 Å². The van der Waals surface area contributed by atoms with Crippen LogP contribution in [0.5, 0.6) is 0 Å². The minimum atomic E-state index is -0.944. The zero-order valence-electron chi connectivity index (χ0n) is 15.5. The number of hydrogen-bond donors (Lipinski definition) is 1. The molecule has 1 aromatic carbocycles. The SMILES string of the molecule is CC1CCN(c2ccc(C(=O)N3CCCC3CC(=O)O)cc2[N+](=O)[O-])CC1. The van der Waals surface area contributed by atoms with E-state index in [1.54, 1.807) is 12.1 Å². The monoisotopic (exact) mass is 375 g/mol. The van der Waals surface area contributed by atoms with E-state index in [1.165, 1.54) is 11.0 Å². The summed E-state index contributed by atoms with van der Waals surface area (Å²) in [5.41, 5.74) is 0.726. The average Bonchev–Trinajstić information content (AvgIpc) is 3.08. The van der Waals surface area contributed by atoms with Gasteiger partial charge in [-0.2, -0.15) is 0 Å². The predicted molar refractivity (Wildman–Crippen MR) is 100 cm³/mol. The molecular formula is C19H25N3O5. The number of hydrogen-bond acceptors (Lipinski definition) is 5.